The molecular weight excluding hydrogens is 247 g/mol. The predicted molar refractivity (Wildman–Crippen MR) is 63.4 cm³/mol. The Labute approximate surface area is 103 Å². The summed E-state index contributed by atoms with van der Waals surface area (Å²) in [7, 11) is 0. The Kier molecular flexibility index (Phi) is 3.39. The van der Waals surface area contributed by atoms with E-state index >= 15 is 0 Å². The van der Waals surface area contributed by atoms with E-state index in [1.807, 2.05) is 0 Å². The summed E-state index contributed by atoms with van der Waals surface area (Å²) in [4.78, 5) is 8.25. The van der Waals surface area contributed by atoms with Gasteiger partial charge in [-0.05, 0) is 18.2 Å². The van der Waals surface area contributed by atoms with Gasteiger partial charge in [-0.3, -0.25) is 0 Å². The van der Waals surface area contributed by atoms with Crippen LogP contribution < -0.4 is 0 Å². The van der Waals surface area contributed by atoms with Crippen LogP contribution >= 0.6 is 23.2 Å². The molecule has 0 saturated heterocycles. The molecule has 1 aromatic heterocycles. The van der Waals surface area contributed by atoms with E-state index in [9.17, 15) is 0 Å². The monoisotopic (exact) mass is 254 g/mol. The molecule has 2 aromatic rings. The molecule has 0 aliphatic rings. The van der Waals surface area contributed by atoms with Crippen LogP contribution in [-0.2, 0) is 6.61 Å². The average molecular weight is 255 g/mol. The van der Waals surface area contributed by atoms with E-state index in [1.54, 1.807) is 30.5 Å². The topological polar surface area (TPSA) is 46.0 Å². The maximum absolute atomic E-state index is 8.98. The first-order chi connectivity index (χ1) is 7.72. The number of aromatic nitrogens is 2. The van der Waals surface area contributed by atoms with Gasteiger partial charge in [0.05, 0.1) is 22.3 Å². The van der Waals surface area contributed by atoms with Crippen LogP contribution in [-0.4, -0.2) is 15.1 Å². The molecule has 0 bridgehead atoms. The fourth-order valence-electron chi connectivity index (χ4n) is 1.29. The van der Waals surface area contributed by atoms with Crippen molar-refractivity contribution in [3.05, 3.63) is 46.2 Å². The third kappa shape index (κ3) is 2.16. The molecule has 2 rings (SSSR count). The second-order valence-corrected chi connectivity index (χ2v) is 3.92. The van der Waals surface area contributed by atoms with Gasteiger partial charge in [-0.1, -0.05) is 29.3 Å². The summed E-state index contributed by atoms with van der Waals surface area (Å²) >= 11 is 11.9. The normalized spacial score (nSPS) is 10.4. The minimum atomic E-state index is -0.131. The fourth-order valence-corrected chi connectivity index (χ4v) is 1.68. The minimum absolute atomic E-state index is 0.131. The van der Waals surface area contributed by atoms with Crippen LogP contribution in [0, 0.1) is 0 Å². The highest BCUT2D eigenvalue weighted by Crippen LogP contribution is 2.31. The fraction of sp³-hybridized carbons (Fsp3) is 0.0909. The van der Waals surface area contributed by atoms with Crippen molar-refractivity contribution >= 4 is 23.2 Å². The van der Waals surface area contributed by atoms with Crippen LogP contribution in [0.3, 0.4) is 0 Å². The quantitative estimate of drug-likeness (QED) is 0.897. The molecule has 1 N–H and O–H groups in total. The SMILES string of the molecule is OCc1ccnc(-c2cccc(Cl)c2Cl)n1. The lowest BCUT2D eigenvalue weighted by molar-refractivity contribution is 0.277. The molecular formula is C11H8Cl2N2O. The Bertz CT molecular complexity index is 517. The number of hydrogen-bond donors (Lipinski definition) is 1. The molecule has 5 heteroatoms. The van der Waals surface area contributed by atoms with E-state index in [4.69, 9.17) is 28.3 Å². The summed E-state index contributed by atoms with van der Waals surface area (Å²) < 4.78 is 0. The predicted octanol–water partition coefficient (Wildman–Crippen LogP) is 2.94. The molecule has 0 atom stereocenters. The second-order valence-electron chi connectivity index (χ2n) is 3.13. The first kappa shape index (κ1) is 11.3. The van der Waals surface area contributed by atoms with Crippen molar-refractivity contribution in [2.24, 2.45) is 0 Å². The maximum Gasteiger partial charge on any atom is 0.161 e. The molecule has 0 spiro atoms. The highest BCUT2D eigenvalue weighted by atomic mass is 35.5. The number of hydrogen-bond acceptors (Lipinski definition) is 3. The zero-order valence-corrected chi connectivity index (χ0v) is 9.70. The molecule has 16 heavy (non-hydrogen) atoms. The van der Waals surface area contributed by atoms with Gasteiger partial charge in [0.2, 0.25) is 0 Å². The minimum Gasteiger partial charge on any atom is -0.390 e. The largest absolute Gasteiger partial charge is 0.390 e. The van der Waals surface area contributed by atoms with Gasteiger partial charge in [-0.2, -0.15) is 0 Å². The van der Waals surface area contributed by atoms with E-state index < -0.39 is 0 Å². The van der Waals surface area contributed by atoms with Gasteiger partial charge >= 0.3 is 0 Å². The van der Waals surface area contributed by atoms with Gasteiger partial charge in [0, 0.05) is 11.8 Å². The number of aliphatic hydroxyl groups is 1. The smallest absolute Gasteiger partial charge is 0.161 e. The van der Waals surface area contributed by atoms with Gasteiger partial charge in [0.25, 0.3) is 0 Å². The molecule has 3 nitrogen and oxygen atoms in total. The van der Waals surface area contributed by atoms with Gasteiger partial charge in [-0.25, -0.2) is 9.97 Å². The van der Waals surface area contributed by atoms with Crippen molar-refractivity contribution < 1.29 is 5.11 Å². The summed E-state index contributed by atoms with van der Waals surface area (Å²) in [5, 5.41) is 9.86. The van der Waals surface area contributed by atoms with E-state index in [-0.39, 0.29) is 6.61 Å². The highest BCUT2D eigenvalue weighted by molar-refractivity contribution is 6.43. The first-order valence-corrected chi connectivity index (χ1v) is 5.35. The Hall–Kier alpha value is -1.16. The van der Waals surface area contributed by atoms with E-state index in [0.29, 0.717) is 27.1 Å². The van der Waals surface area contributed by atoms with Crippen molar-refractivity contribution in [2.75, 3.05) is 0 Å². The average Bonchev–Trinajstić information content (AvgIpc) is 2.33. The molecule has 0 saturated carbocycles. The molecule has 0 aliphatic heterocycles. The van der Waals surface area contributed by atoms with E-state index in [2.05, 4.69) is 9.97 Å². The van der Waals surface area contributed by atoms with E-state index in [1.165, 1.54) is 0 Å². The molecule has 0 unspecified atom stereocenters. The van der Waals surface area contributed by atoms with Crippen LogP contribution in [0.25, 0.3) is 11.4 Å². The second kappa shape index (κ2) is 4.78. The molecule has 1 aromatic carbocycles. The summed E-state index contributed by atoms with van der Waals surface area (Å²) in [6, 6.07) is 6.90. The van der Waals surface area contributed by atoms with Crippen LogP contribution in [0.4, 0.5) is 0 Å². The van der Waals surface area contributed by atoms with Crippen LogP contribution in [0.2, 0.25) is 10.0 Å². The van der Waals surface area contributed by atoms with Crippen molar-refractivity contribution in [1.82, 2.24) is 9.97 Å². The van der Waals surface area contributed by atoms with Crippen molar-refractivity contribution in [3.8, 4) is 11.4 Å². The highest BCUT2D eigenvalue weighted by Gasteiger charge is 2.09. The van der Waals surface area contributed by atoms with E-state index in [0.717, 1.165) is 0 Å². The van der Waals surface area contributed by atoms with Crippen molar-refractivity contribution in [2.45, 2.75) is 6.61 Å². The van der Waals surface area contributed by atoms with Gasteiger partial charge < -0.3 is 5.11 Å². The standard InChI is InChI=1S/C11H8Cl2N2O/c12-9-3-1-2-8(10(9)13)11-14-5-4-7(6-16)15-11/h1-5,16H,6H2. The Morgan fingerprint density at radius 1 is 1.19 bits per heavy atom. The Morgan fingerprint density at radius 3 is 2.75 bits per heavy atom. The Morgan fingerprint density at radius 2 is 2.00 bits per heavy atom. The van der Waals surface area contributed by atoms with Crippen LogP contribution in [0.1, 0.15) is 5.69 Å². The number of aliphatic hydroxyl groups excluding tert-OH is 1. The van der Waals surface area contributed by atoms with Crippen molar-refractivity contribution in [1.29, 1.82) is 0 Å². The zero-order chi connectivity index (χ0) is 11.5. The number of nitrogens with zero attached hydrogens (tertiary/aromatic N) is 2. The molecule has 1 heterocycles. The molecule has 0 fully saturated rings. The summed E-state index contributed by atoms with van der Waals surface area (Å²) in [5.74, 6) is 0.457. The van der Waals surface area contributed by atoms with Gasteiger partial charge in [0.15, 0.2) is 5.82 Å². The van der Waals surface area contributed by atoms with Crippen LogP contribution in [0.15, 0.2) is 30.5 Å². The molecule has 0 radical (unpaired) electrons. The first-order valence-electron chi connectivity index (χ1n) is 4.59. The lowest BCUT2D eigenvalue weighted by Gasteiger charge is -2.05. The lowest BCUT2D eigenvalue weighted by atomic mass is 10.2. The molecule has 82 valence electrons. The van der Waals surface area contributed by atoms with Crippen LogP contribution in [0.5, 0.6) is 0 Å². The summed E-state index contributed by atoms with van der Waals surface area (Å²) in [6.45, 7) is -0.131. The van der Waals surface area contributed by atoms with Gasteiger partial charge in [0.1, 0.15) is 0 Å². The maximum atomic E-state index is 8.98. The zero-order valence-electron chi connectivity index (χ0n) is 8.19. The third-order valence-corrected chi connectivity index (χ3v) is 2.89. The third-order valence-electron chi connectivity index (χ3n) is 2.07. The lowest BCUT2D eigenvalue weighted by Crippen LogP contribution is -1.95. The molecule has 0 amide bonds. The van der Waals surface area contributed by atoms with Crippen molar-refractivity contribution in [3.63, 3.8) is 0 Å². The summed E-state index contributed by atoms with van der Waals surface area (Å²) in [6.07, 6.45) is 1.57. The molecule has 0 aliphatic carbocycles. The number of benzene rings is 1. The number of halogens is 2. The van der Waals surface area contributed by atoms with Gasteiger partial charge in [-0.15, -0.1) is 0 Å². The number of rotatable bonds is 2. The summed E-state index contributed by atoms with van der Waals surface area (Å²) in [5.41, 5.74) is 1.20. The Balaban J connectivity index is 2.54.